The van der Waals surface area contributed by atoms with Crippen LogP contribution in [0.1, 0.15) is 46.7 Å². The number of imidazole rings is 1. The second-order valence-corrected chi connectivity index (χ2v) is 9.14. The van der Waals surface area contributed by atoms with Gasteiger partial charge in [-0.05, 0) is 38.0 Å². The Bertz CT molecular complexity index is 1550. The fourth-order valence-electron chi connectivity index (χ4n) is 4.77. The first kappa shape index (κ1) is 24.8. The number of benzene rings is 2. The molecule has 5 rings (SSSR count). The molecule has 0 unspecified atom stereocenters. The van der Waals surface area contributed by atoms with Crippen molar-refractivity contribution in [3.05, 3.63) is 71.0 Å². The third-order valence-corrected chi connectivity index (χ3v) is 6.55. The number of carboxylic acid groups (broad SMARTS) is 1. The van der Waals surface area contributed by atoms with Gasteiger partial charge in [0.15, 0.2) is 0 Å². The van der Waals surface area contributed by atoms with Gasteiger partial charge in [-0.3, -0.25) is 14.8 Å². The number of aryl methyl sites for hydroxylation is 2. The number of ether oxygens (including phenoxy) is 1. The first-order valence-corrected chi connectivity index (χ1v) is 12.3. The highest BCUT2D eigenvalue weighted by atomic mass is 16.5. The van der Waals surface area contributed by atoms with Crippen LogP contribution in [0, 0.1) is 18.3 Å². The van der Waals surface area contributed by atoms with Crippen LogP contribution >= 0.6 is 0 Å². The highest BCUT2D eigenvalue weighted by Gasteiger charge is 2.30. The van der Waals surface area contributed by atoms with Crippen LogP contribution < -0.4 is 10.1 Å². The van der Waals surface area contributed by atoms with E-state index in [0.717, 1.165) is 11.3 Å². The number of anilines is 1. The number of hydrogen-bond acceptors (Lipinski definition) is 6. The number of amides is 2. The van der Waals surface area contributed by atoms with Crippen molar-refractivity contribution in [3.63, 3.8) is 0 Å². The average molecular weight is 514 g/mol. The van der Waals surface area contributed by atoms with Crippen LogP contribution in [0.5, 0.6) is 5.75 Å². The Morgan fingerprint density at radius 1 is 1.26 bits per heavy atom. The maximum atomic E-state index is 13.2. The van der Waals surface area contributed by atoms with Crippen LogP contribution in [0.15, 0.2) is 48.5 Å². The molecule has 11 heteroatoms. The fraction of sp³-hybridized carbons (Fsp3) is 0.296. The highest BCUT2D eigenvalue weighted by molar-refractivity contribution is 6.03. The fourth-order valence-corrected chi connectivity index (χ4v) is 4.77. The van der Waals surface area contributed by atoms with E-state index in [2.05, 4.69) is 21.5 Å². The molecule has 0 radical (unpaired) electrons. The van der Waals surface area contributed by atoms with Gasteiger partial charge in [-0.1, -0.05) is 30.3 Å². The summed E-state index contributed by atoms with van der Waals surface area (Å²) in [4.78, 5) is 31.2. The largest absolute Gasteiger partial charge is 0.489 e. The van der Waals surface area contributed by atoms with E-state index in [1.54, 1.807) is 22.9 Å². The summed E-state index contributed by atoms with van der Waals surface area (Å²) in [6.45, 7) is 5.01. The van der Waals surface area contributed by atoms with Crippen LogP contribution in [0.2, 0.25) is 0 Å². The molecular formula is C27H27N7O4. The van der Waals surface area contributed by atoms with Crippen molar-refractivity contribution in [2.75, 3.05) is 18.5 Å². The smallest absolute Gasteiger partial charge is 0.407 e. The average Bonchev–Trinajstić information content (AvgIpc) is 3.48. The first-order chi connectivity index (χ1) is 18.4. The molecule has 0 aliphatic carbocycles. The van der Waals surface area contributed by atoms with Gasteiger partial charge in [-0.2, -0.15) is 10.4 Å². The van der Waals surface area contributed by atoms with E-state index < -0.39 is 6.09 Å². The summed E-state index contributed by atoms with van der Waals surface area (Å²) < 4.78 is 9.51. The number of nitrogens with one attached hydrogen (secondary N) is 1. The SMILES string of the molecule is CCn1nc(C)cc1C(=O)Nc1nc2cc(C#N)cc3c2n1[C@@H](CCN(Cc1ccccc1)C(=O)O)CO3. The van der Waals surface area contributed by atoms with E-state index in [4.69, 9.17) is 4.74 Å². The van der Waals surface area contributed by atoms with Crippen molar-refractivity contribution >= 4 is 29.0 Å². The zero-order valence-electron chi connectivity index (χ0n) is 21.1. The topological polar surface area (TPSA) is 138 Å². The summed E-state index contributed by atoms with van der Waals surface area (Å²) in [5.74, 6) is 0.445. The van der Waals surface area contributed by atoms with Crippen LogP contribution in [0.3, 0.4) is 0 Å². The first-order valence-electron chi connectivity index (χ1n) is 12.3. The molecular weight excluding hydrogens is 486 g/mol. The van der Waals surface area contributed by atoms with Crippen LogP contribution in [-0.4, -0.2) is 54.5 Å². The van der Waals surface area contributed by atoms with Gasteiger partial charge in [0, 0.05) is 25.7 Å². The van der Waals surface area contributed by atoms with Gasteiger partial charge in [-0.15, -0.1) is 0 Å². The number of aromatic nitrogens is 4. The van der Waals surface area contributed by atoms with Crippen molar-refractivity contribution in [1.82, 2.24) is 24.2 Å². The molecule has 1 aliphatic rings. The Kier molecular flexibility index (Phi) is 6.70. The third kappa shape index (κ3) is 4.76. The standard InChI is InChI=1S/C27H27N7O4/c1-3-33-22(11-17(2)31-33)25(35)30-26-29-21-12-19(14-28)13-23-24(21)34(26)20(16-38-23)9-10-32(27(36)37)15-18-7-5-4-6-8-18/h4-8,11-13,20H,3,9-10,15-16H2,1-2H3,(H,36,37)(H,29,30,35)/t20-/m0/s1. The van der Waals surface area contributed by atoms with Gasteiger partial charge in [0.1, 0.15) is 23.6 Å². The summed E-state index contributed by atoms with van der Waals surface area (Å²) in [6, 6.07) is 16.2. The van der Waals surface area contributed by atoms with Crippen molar-refractivity contribution in [2.24, 2.45) is 0 Å². The number of rotatable bonds is 8. The van der Waals surface area contributed by atoms with E-state index in [1.165, 1.54) is 4.90 Å². The molecule has 0 bridgehead atoms. The van der Waals surface area contributed by atoms with E-state index in [0.29, 0.717) is 47.0 Å². The number of carbonyl (C=O) groups is 2. The molecule has 1 atom stereocenters. The molecule has 0 saturated carbocycles. The molecule has 2 aromatic carbocycles. The second kappa shape index (κ2) is 10.3. The molecule has 2 aromatic heterocycles. The molecule has 4 aromatic rings. The van der Waals surface area contributed by atoms with Gasteiger partial charge >= 0.3 is 6.09 Å². The Labute approximate surface area is 218 Å². The predicted octanol–water partition coefficient (Wildman–Crippen LogP) is 4.19. The lowest BCUT2D eigenvalue weighted by Gasteiger charge is -2.29. The summed E-state index contributed by atoms with van der Waals surface area (Å²) in [6.07, 6.45) is -0.587. The predicted molar refractivity (Wildman–Crippen MR) is 139 cm³/mol. The minimum atomic E-state index is -1.02. The monoisotopic (exact) mass is 513 g/mol. The number of carbonyl (C=O) groups excluding carboxylic acids is 1. The quantitative estimate of drug-likeness (QED) is 0.360. The van der Waals surface area contributed by atoms with E-state index in [9.17, 15) is 20.0 Å². The molecule has 1 aliphatic heterocycles. The molecule has 194 valence electrons. The molecule has 3 heterocycles. The van der Waals surface area contributed by atoms with Crippen molar-refractivity contribution in [2.45, 2.75) is 39.4 Å². The van der Waals surface area contributed by atoms with Gasteiger partial charge in [-0.25, -0.2) is 9.78 Å². The Morgan fingerprint density at radius 2 is 2.05 bits per heavy atom. The zero-order chi connectivity index (χ0) is 26.8. The number of nitrogens with zero attached hydrogens (tertiary/aromatic N) is 6. The van der Waals surface area contributed by atoms with Crippen molar-refractivity contribution in [1.29, 1.82) is 5.26 Å². The number of nitriles is 1. The molecule has 11 nitrogen and oxygen atoms in total. The van der Waals surface area contributed by atoms with Crippen LogP contribution in [0.25, 0.3) is 11.0 Å². The van der Waals surface area contributed by atoms with E-state index in [-0.39, 0.29) is 31.6 Å². The van der Waals surface area contributed by atoms with Gasteiger partial charge in [0.05, 0.1) is 28.9 Å². The molecule has 0 saturated heterocycles. The van der Waals surface area contributed by atoms with Gasteiger partial charge in [0.25, 0.3) is 5.91 Å². The summed E-state index contributed by atoms with van der Waals surface area (Å²) in [5.41, 5.74) is 3.59. The Balaban J connectivity index is 1.47. The highest BCUT2D eigenvalue weighted by Crippen LogP contribution is 2.38. The van der Waals surface area contributed by atoms with Gasteiger partial charge < -0.3 is 19.3 Å². The molecule has 2 amide bonds. The van der Waals surface area contributed by atoms with Crippen LogP contribution in [0.4, 0.5) is 10.7 Å². The maximum absolute atomic E-state index is 13.2. The van der Waals surface area contributed by atoms with Crippen molar-refractivity contribution in [3.8, 4) is 11.8 Å². The molecule has 0 spiro atoms. The molecule has 2 N–H and O–H groups in total. The molecule has 0 fully saturated rings. The van der Waals surface area contributed by atoms with E-state index in [1.807, 2.05) is 48.7 Å². The summed E-state index contributed by atoms with van der Waals surface area (Å²) >= 11 is 0. The second-order valence-electron chi connectivity index (χ2n) is 9.14. The summed E-state index contributed by atoms with van der Waals surface area (Å²) in [7, 11) is 0. The minimum Gasteiger partial charge on any atom is -0.489 e. The molecule has 38 heavy (non-hydrogen) atoms. The lowest BCUT2D eigenvalue weighted by molar-refractivity contribution is 0.101. The normalized spacial score (nSPS) is 14.1. The zero-order valence-corrected chi connectivity index (χ0v) is 21.1. The third-order valence-electron chi connectivity index (χ3n) is 6.55. The Morgan fingerprint density at radius 3 is 2.76 bits per heavy atom. The van der Waals surface area contributed by atoms with Crippen LogP contribution in [-0.2, 0) is 13.1 Å². The lowest BCUT2D eigenvalue weighted by Crippen LogP contribution is -2.33. The minimum absolute atomic E-state index is 0.237. The summed E-state index contributed by atoms with van der Waals surface area (Å²) in [5, 5.41) is 26.5. The van der Waals surface area contributed by atoms with E-state index >= 15 is 0 Å². The lowest BCUT2D eigenvalue weighted by atomic mass is 10.1. The van der Waals surface area contributed by atoms with Gasteiger partial charge in [0.2, 0.25) is 5.95 Å². The Hall–Kier alpha value is -4.85. The van der Waals surface area contributed by atoms with Crippen molar-refractivity contribution < 1.29 is 19.4 Å². The maximum Gasteiger partial charge on any atom is 0.407 e. The number of hydrogen-bond donors (Lipinski definition) is 2.